The van der Waals surface area contributed by atoms with Gasteiger partial charge >= 0.3 is 0 Å². The molecule has 6 heteroatoms. The summed E-state index contributed by atoms with van der Waals surface area (Å²) >= 11 is 0. The fourth-order valence-electron chi connectivity index (χ4n) is 2.65. The summed E-state index contributed by atoms with van der Waals surface area (Å²) in [6.07, 6.45) is 0. The van der Waals surface area contributed by atoms with Crippen molar-refractivity contribution in [2.24, 2.45) is 4.99 Å². The minimum Gasteiger partial charge on any atom is -0.496 e. The Morgan fingerprint density at radius 1 is 1.00 bits per heavy atom. The molecule has 0 aliphatic carbocycles. The van der Waals surface area contributed by atoms with Crippen molar-refractivity contribution < 1.29 is 9.47 Å². The fraction of sp³-hybridized carbons (Fsp3) is 0.409. The van der Waals surface area contributed by atoms with Crippen LogP contribution < -0.4 is 15.4 Å². The van der Waals surface area contributed by atoms with Gasteiger partial charge in [-0.3, -0.25) is 0 Å². The molecule has 0 saturated heterocycles. The molecule has 0 aliphatic heterocycles. The Kier molecular flexibility index (Phi) is 11.6. The van der Waals surface area contributed by atoms with Gasteiger partial charge in [0.25, 0.3) is 0 Å². The van der Waals surface area contributed by atoms with Crippen LogP contribution in [0.5, 0.6) is 5.75 Å². The predicted octanol–water partition coefficient (Wildman–Crippen LogP) is 4.41. The second-order valence-corrected chi connectivity index (χ2v) is 6.32. The summed E-state index contributed by atoms with van der Waals surface area (Å²) in [5, 5.41) is 6.67. The second kappa shape index (κ2) is 13.4. The molecule has 0 heterocycles. The molecule has 2 aromatic rings. The van der Waals surface area contributed by atoms with Crippen LogP contribution in [0.2, 0.25) is 0 Å². The number of aryl methyl sites for hydroxylation is 1. The Balaban J connectivity index is 0.00000392. The van der Waals surface area contributed by atoms with Crippen LogP contribution in [-0.2, 0) is 24.4 Å². The van der Waals surface area contributed by atoms with Gasteiger partial charge < -0.3 is 20.1 Å². The second-order valence-electron chi connectivity index (χ2n) is 6.32. The number of nitrogens with zero attached hydrogens (tertiary/aromatic N) is 1. The Morgan fingerprint density at radius 3 is 2.36 bits per heavy atom. The van der Waals surface area contributed by atoms with E-state index in [1.807, 2.05) is 13.0 Å². The zero-order valence-electron chi connectivity index (χ0n) is 17.2. The first-order valence-corrected chi connectivity index (χ1v) is 9.47. The van der Waals surface area contributed by atoms with Crippen LogP contribution in [0.3, 0.4) is 0 Å². The molecule has 0 bridgehead atoms. The lowest BCUT2D eigenvalue weighted by Crippen LogP contribution is -2.36. The van der Waals surface area contributed by atoms with Gasteiger partial charge in [-0.15, -0.1) is 24.0 Å². The fourth-order valence-corrected chi connectivity index (χ4v) is 2.65. The van der Waals surface area contributed by atoms with E-state index in [0.717, 1.165) is 30.4 Å². The number of nitrogens with one attached hydrogen (secondary N) is 2. The minimum absolute atomic E-state index is 0. The third-order valence-corrected chi connectivity index (χ3v) is 4.15. The molecule has 0 fully saturated rings. The van der Waals surface area contributed by atoms with Crippen LogP contribution in [0.25, 0.3) is 0 Å². The normalized spacial score (nSPS) is 10.9. The van der Waals surface area contributed by atoms with Gasteiger partial charge in [0.15, 0.2) is 5.96 Å². The van der Waals surface area contributed by atoms with Gasteiger partial charge in [-0.2, -0.15) is 0 Å². The molecule has 5 nitrogen and oxygen atoms in total. The van der Waals surface area contributed by atoms with E-state index in [1.54, 1.807) is 7.11 Å². The molecule has 28 heavy (non-hydrogen) atoms. The molecule has 0 saturated carbocycles. The van der Waals surface area contributed by atoms with Crippen molar-refractivity contribution in [3.8, 4) is 5.75 Å². The van der Waals surface area contributed by atoms with E-state index < -0.39 is 0 Å². The Morgan fingerprint density at radius 2 is 1.71 bits per heavy atom. The topological polar surface area (TPSA) is 54.9 Å². The number of halogens is 1. The molecule has 0 spiro atoms. The average Bonchev–Trinajstić information content (AvgIpc) is 2.69. The lowest BCUT2D eigenvalue weighted by atomic mass is 10.1. The molecule has 154 valence electrons. The van der Waals surface area contributed by atoms with Gasteiger partial charge in [0.05, 0.1) is 20.3 Å². The Hall–Kier alpha value is -1.80. The SMILES string of the molecule is CCNC(=NCc1ccc(COCC)cc1)NCc1ccc(C)cc1OC.I. The molecule has 0 aliphatic rings. The van der Waals surface area contributed by atoms with Gasteiger partial charge in [-0.25, -0.2) is 4.99 Å². The first-order valence-electron chi connectivity index (χ1n) is 9.47. The Labute approximate surface area is 186 Å². The Bertz CT molecular complexity index is 733. The van der Waals surface area contributed by atoms with Crippen LogP contribution in [-0.4, -0.2) is 26.2 Å². The third kappa shape index (κ3) is 8.06. The van der Waals surface area contributed by atoms with E-state index in [4.69, 9.17) is 9.47 Å². The van der Waals surface area contributed by atoms with Crippen LogP contribution in [0.15, 0.2) is 47.5 Å². The van der Waals surface area contributed by atoms with Crippen molar-refractivity contribution in [1.29, 1.82) is 0 Å². The first-order chi connectivity index (χ1) is 13.2. The molecule has 2 rings (SSSR count). The lowest BCUT2D eigenvalue weighted by Gasteiger charge is -2.14. The lowest BCUT2D eigenvalue weighted by molar-refractivity contribution is 0.134. The molecule has 0 amide bonds. The number of hydrogen-bond acceptors (Lipinski definition) is 3. The van der Waals surface area contributed by atoms with E-state index >= 15 is 0 Å². The standard InChI is InChI=1S/C22H31N3O2.HI/c1-5-23-22(25-15-20-12-7-17(3)13-21(20)26-4)24-14-18-8-10-19(11-9-18)16-27-6-2;/h7-13H,5-6,14-16H2,1-4H3,(H2,23,24,25);1H. The summed E-state index contributed by atoms with van der Waals surface area (Å²) in [6, 6.07) is 14.6. The minimum atomic E-state index is 0. The summed E-state index contributed by atoms with van der Waals surface area (Å²) in [5.41, 5.74) is 4.64. The number of rotatable bonds is 9. The van der Waals surface area contributed by atoms with Crippen molar-refractivity contribution in [2.75, 3.05) is 20.3 Å². The smallest absolute Gasteiger partial charge is 0.191 e. The maximum atomic E-state index is 5.48. The number of aliphatic imine (C=N–C) groups is 1. The van der Waals surface area contributed by atoms with Crippen molar-refractivity contribution in [2.45, 2.75) is 40.5 Å². The number of ether oxygens (including phenoxy) is 2. The number of guanidine groups is 1. The summed E-state index contributed by atoms with van der Waals surface area (Å²) in [4.78, 5) is 4.69. The van der Waals surface area contributed by atoms with Crippen LogP contribution >= 0.6 is 24.0 Å². The highest BCUT2D eigenvalue weighted by Gasteiger charge is 2.05. The van der Waals surface area contributed by atoms with Crippen LogP contribution in [0, 0.1) is 6.92 Å². The summed E-state index contributed by atoms with van der Waals surface area (Å²) in [7, 11) is 1.70. The monoisotopic (exact) mass is 497 g/mol. The molecule has 2 N–H and O–H groups in total. The molecule has 0 unspecified atom stereocenters. The van der Waals surface area contributed by atoms with Gasteiger partial charge in [0.2, 0.25) is 0 Å². The quantitative estimate of drug-likeness (QED) is 0.306. The molecule has 0 atom stereocenters. The largest absolute Gasteiger partial charge is 0.496 e. The maximum Gasteiger partial charge on any atom is 0.191 e. The van der Waals surface area contributed by atoms with Gasteiger partial charge in [-0.05, 0) is 43.5 Å². The van der Waals surface area contributed by atoms with Crippen molar-refractivity contribution >= 4 is 29.9 Å². The predicted molar refractivity (Wildman–Crippen MR) is 127 cm³/mol. The highest BCUT2D eigenvalue weighted by Crippen LogP contribution is 2.19. The van der Waals surface area contributed by atoms with E-state index in [1.165, 1.54) is 16.7 Å². The summed E-state index contributed by atoms with van der Waals surface area (Å²) in [5.74, 6) is 1.68. The zero-order valence-corrected chi connectivity index (χ0v) is 19.6. The number of methoxy groups -OCH3 is 1. The van der Waals surface area contributed by atoms with Gasteiger partial charge in [0, 0.05) is 25.3 Å². The number of hydrogen-bond donors (Lipinski definition) is 2. The van der Waals surface area contributed by atoms with E-state index in [0.29, 0.717) is 19.7 Å². The average molecular weight is 497 g/mol. The third-order valence-electron chi connectivity index (χ3n) is 4.15. The molecular formula is C22H32IN3O2. The van der Waals surface area contributed by atoms with E-state index in [9.17, 15) is 0 Å². The summed E-state index contributed by atoms with van der Waals surface area (Å²) in [6.45, 7) is 9.60. The van der Waals surface area contributed by atoms with Crippen LogP contribution in [0.1, 0.15) is 36.1 Å². The van der Waals surface area contributed by atoms with Gasteiger partial charge in [0.1, 0.15) is 5.75 Å². The van der Waals surface area contributed by atoms with E-state index in [-0.39, 0.29) is 24.0 Å². The van der Waals surface area contributed by atoms with Gasteiger partial charge in [-0.1, -0.05) is 36.4 Å². The van der Waals surface area contributed by atoms with Crippen LogP contribution in [0.4, 0.5) is 0 Å². The molecule has 0 aromatic heterocycles. The summed E-state index contributed by atoms with van der Waals surface area (Å²) < 4.78 is 10.9. The highest BCUT2D eigenvalue weighted by atomic mass is 127. The molecular weight excluding hydrogens is 465 g/mol. The molecule has 2 aromatic carbocycles. The van der Waals surface area contributed by atoms with Crippen molar-refractivity contribution in [3.05, 3.63) is 64.7 Å². The molecule has 0 radical (unpaired) electrons. The highest BCUT2D eigenvalue weighted by molar-refractivity contribution is 14.0. The number of benzene rings is 2. The maximum absolute atomic E-state index is 5.48. The van der Waals surface area contributed by atoms with Crippen molar-refractivity contribution in [3.63, 3.8) is 0 Å². The zero-order chi connectivity index (χ0) is 19.5. The van der Waals surface area contributed by atoms with E-state index in [2.05, 4.69) is 65.9 Å². The van der Waals surface area contributed by atoms with Crippen molar-refractivity contribution in [1.82, 2.24) is 10.6 Å². The first kappa shape index (κ1) is 24.2.